The highest BCUT2D eigenvalue weighted by molar-refractivity contribution is 6.31. The Morgan fingerprint density at radius 2 is 2.06 bits per heavy atom. The van der Waals surface area contributed by atoms with Gasteiger partial charge in [-0.1, -0.05) is 38.4 Å². The molecule has 16 heavy (non-hydrogen) atoms. The Labute approximate surface area is 102 Å². The van der Waals surface area contributed by atoms with Crippen LogP contribution in [0.3, 0.4) is 0 Å². The van der Waals surface area contributed by atoms with E-state index in [-0.39, 0.29) is 11.9 Å². The molecule has 1 N–H and O–H groups in total. The first-order chi connectivity index (χ1) is 7.56. The van der Waals surface area contributed by atoms with Gasteiger partial charge in [0.1, 0.15) is 5.82 Å². The van der Waals surface area contributed by atoms with Crippen LogP contribution in [0, 0.1) is 11.7 Å². The van der Waals surface area contributed by atoms with Crippen LogP contribution in [0.2, 0.25) is 5.02 Å². The molecule has 1 aromatic rings. The Kier molecular flexibility index (Phi) is 5.23. The summed E-state index contributed by atoms with van der Waals surface area (Å²) in [5.41, 5.74) is 0.978. The van der Waals surface area contributed by atoms with Crippen molar-refractivity contribution in [2.24, 2.45) is 5.92 Å². The molecule has 0 aliphatic rings. The van der Waals surface area contributed by atoms with Crippen molar-refractivity contribution in [3.8, 4) is 0 Å². The van der Waals surface area contributed by atoms with E-state index in [1.54, 1.807) is 6.07 Å². The molecule has 1 unspecified atom stereocenters. The van der Waals surface area contributed by atoms with Gasteiger partial charge in [-0.2, -0.15) is 0 Å². The summed E-state index contributed by atoms with van der Waals surface area (Å²) in [4.78, 5) is 0. The number of rotatable bonds is 5. The minimum atomic E-state index is -0.285. The Bertz CT molecular complexity index is 339. The SMILES string of the molecule is CCCNC(c1ccc(F)cc1Cl)C(C)C. The largest absolute Gasteiger partial charge is 0.310 e. The average molecular weight is 244 g/mol. The van der Waals surface area contributed by atoms with Gasteiger partial charge in [0.05, 0.1) is 0 Å². The van der Waals surface area contributed by atoms with Crippen molar-refractivity contribution in [1.29, 1.82) is 0 Å². The predicted molar refractivity (Wildman–Crippen MR) is 67.3 cm³/mol. The van der Waals surface area contributed by atoms with Crippen LogP contribution >= 0.6 is 11.6 Å². The molecule has 1 nitrogen and oxygen atoms in total. The zero-order chi connectivity index (χ0) is 12.1. The van der Waals surface area contributed by atoms with Gasteiger partial charge in [-0.15, -0.1) is 0 Å². The molecule has 1 aromatic carbocycles. The number of hydrogen-bond donors (Lipinski definition) is 1. The first-order valence-corrected chi connectivity index (χ1v) is 6.12. The van der Waals surface area contributed by atoms with Gasteiger partial charge >= 0.3 is 0 Å². The molecule has 0 saturated carbocycles. The predicted octanol–water partition coefficient (Wildman–Crippen LogP) is 4.18. The fourth-order valence-corrected chi connectivity index (χ4v) is 2.04. The molecule has 0 aliphatic carbocycles. The van der Waals surface area contributed by atoms with Crippen molar-refractivity contribution in [2.75, 3.05) is 6.54 Å². The van der Waals surface area contributed by atoms with E-state index in [1.165, 1.54) is 12.1 Å². The Morgan fingerprint density at radius 1 is 1.38 bits per heavy atom. The normalized spacial score (nSPS) is 13.1. The van der Waals surface area contributed by atoms with Gasteiger partial charge in [0.2, 0.25) is 0 Å². The third-order valence-corrected chi connectivity index (χ3v) is 2.91. The molecular weight excluding hydrogens is 225 g/mol. The first kappa shape index (κ1) is 13.5. The van der Waals surface area contributed by atoms with Crippen molar-refractivity contribution >= 4 is 11.6 Å². The summed E-state index contributed by atoms with van der Waals surface area (Å²) >= 11 is 6.07. The molecule has 0 radical (unpaired) electrons. The summed E-state index contributed by atoms with van der Waals surface area (Å²) in [6.45, 7) is 7.33. The summed E-state index contributed by atoms with van der Waals surface area (Å²) in [7, 11) is 0. The fraction of sp³-hybridized carbons (Fsp3) is 0.538. The molecular formula is C13H19ClFN. The van der Waals surface area contributed by atoms with Gasteiger partial charge in [0, 0.05) is 11.1 Å². The molecule has 0 spiro atoms. The highest BCUT2D eigenvalue weighted by Gasteiger charge is 2.17. The summed E-state index contributed by atoms with van der Waals surface area (Å²) < 4.78 is 13.0. The van der Waals surface area contributed by atoms with Crippen molar-refractivity contribution in [2.45, 2.75) is 33.2 Å². The van der Waals surface area contributed by atoms with E-state index in [1.807, 2.05) is 0 Å². The van der Waals surface area contributed by atoms with E-state index >= 15 is 0 Å². The summed E-state index contributed by atoms with van der Waals surface area (Å²) in [6.07, 6.45) is 1.07. The quantitative estimate of drug-likeness (QED) is 0.818. The van der Waals surface area contributed by atoms with Crippen molar-refractivity contribution < 1.29 is 4.39 Å². The number of halogens is 2. The molecule has 0 fully saturated rings. The molecule has 90 valence electrons. The second-order valence-corrected chi connectivity index (χ2v) is 4.75. The zero-order valence-corrected chi connectivity index (χ0v) is 10.8. The first-order valence-electron chi connectivity index (χ1n) is 5.74. The van der Waals surface area contributed by atoms with E-state index in [4.69, 9.17) is 11.6 Å². The topological polar surface area (TPSA) is 12.0 Å². The smallest absolute Gasteiger partial charge is 0.124 e. The van der Waals surface area contributed by atoms with E-state index < -0.39 is 0 Å². The third kappa shape index (κ3) is 3.46. The van der Waals surface area contributed by atoms with Crippen molar-refractivity contribution in [3.63, 3.8) is 0 Å². The maximum Gasteiger partial charge on any atom is 0.124 e. The number of benzene rings is 1. The van der Waals surface area contributed by atoms with Crippen LogP contribution in [0.5, 0.6) is 0 Å². The molecule has 0 saturated heterocycles. The van der Waals surface area contributed by atoms with Crippen LogP contribution in [-0.2, 0) is 0 Å². The lowest BCUT2D eigenvalue weighted by molar-refractivity contribution is 0.412. The molecule has 3 heteroatoms. The Hall–Kier alpha value is -0.600. The van der Waals surface area contributed by atoms with Crippen LogP contribution < -0.4 is 5.32 Å². The van der Waals surface area contributed by atoms with Gasteiger partial charge < -0.3 is 5.32 Å². The van der Waals surface area contributed by atoms with Gasteiger partial charge in [-0.25, -0.2) is 4.39 Å². The lowest BCUT2D eigenvalue weighted by atomic mass is 9.96. The Balaban J connectivity index is 2.92. The maximum atomic E-state index is 13.0. The second-order valence-electron chi connectivity index (χ2n) is 4.34. The minimum absolute atomic E-state index is 0.188. The summed E-state index contributed by atoms with van der Waals surface area (Å²) in [5, 5.41) is 3.94. The molecule has 1 atom stereocenters. The lowest BCUT2D eigenvalue weighted by Gasteiger charge is -2.23. The van der Waals surface area contributed by atoms with Crippen LogP contribution in [0.15, 0.2) is 18.2 Å². The van der Waals surface area contributed by atoms with Crippen LogP contribution in [0.1, 0.15) is 38.8 Å². The zero-order valence-electron chi connectivity index (χ0n) is 10.1. The lowest BCUT2D eigenvalue weighted by Crippen LogP contribution is -2.26. The third-order valence-electron chi connectivity index (χ3n) is 2.58. The van der Waals surface area contributed by atoms with Crippen molar-refractivity contribution in [1.82, 2.24) is 5.32 Å². The summed E-state index contributed by atoms with van der Waals surface area (Å²) in [6, 6.07) is 4.79. The summed E-state index contributed by atoms with van der Waals surface area (Å²) in [5.74, 6) is 0.140. The highest BCUT2D eigenvalue weighted by atomic mass is 35.5. The average Bonchev–Trinajstić information content (AvgIpc) is 2.20. The van der Waals surface area contributed by atoms with Crippen molar-refractivity contribution in [3.05, 3.63) is 34.6 Å². The van der Waals surface area contributed by atoms with E-state index in [9.17, 15) is 4.39 Å². The Morgan fingerprint density at radius 3 is 2.56 bits per heavy atom. The van der Waals surface area contributed by atoms with Crippen LogP contribution in [0.25, 0.3) is 0 Å². The molecule has 0 aromatic heterocycles. The molecule has 0 heterocycles. The molecule has 0 bridgehead atoms. The standard InChI is InChI=1S/C13H19ClFN/c1-4-7-16-13(9(2)3)11-6-5-10(15)8-12(11)14/h5-6,8-9,13,16H,4,7H2,1-3H3. The molecule has 1 rings (SSSR count). The van der Waals surface area contributed by atoms with E-state index in [0.717, 1.165) is 18.5 Å². The van der Waals surface area contributed by atoms with Gasteiger partial charge in [-0.05, 0) is 36.6 Å². The molecule has 0 amide bonds. The fourth-order valence-electron chi connectivity index (χ4n) is 1.76. The van der Waals surface area contributed by atoms with Crippen LogP contribution in [0.4, 0.5) is 4.39 Å². The van der Waals surface area contributed by atoms with Gasteiger partial charge in [0.25, 0.3) is 0 Å². The highest BCUT2D eigenvalue weighted by Crippen LogP contribution is 2.28. The van der Waals surface area contributed by atoms with Gasteiger partial charge in [-0.3, -0.25) is 0 Å². The molecule has 0 aliphatic heterocycles. The maximum absolute atomic E-state index is 13.0. The van der Waals surface area contributed by atoms with E-state index in [2.05, 4.69) is 26.1 Å². The van der Waals surface area contributed by atoms with Crippen LogP contribution in [-0.4, -0.2) is 6.54 Å². The monoisotopic (exact) mass is 243 g/mol. The second kappa shape index (κ2) is 6.21. The number of nitrogens with one attached hydrogen (secondary N) is 1. The number of hydrogen-bond acceptors (Lipinski definition) is 1. The minimum Gasteiger partial charge on any atom is -0.310 e. The van der Waals surface area contributed by atoms with Gasteiger partial charge in [0.15, 0.2) is 0 Å². The van der Waals surface area contributed by atoms with E-state index in [0.29, 0.717) is 10.9 Å².